The van der Waals surface area contributed by atoms with E-state index in [1.807, 2.05) is 30.3 Å². The van der Waals surface area contributed by atoms with Crippen LogP contribution < -0.4 is 5.73 Å². The summed E-state index contributed by atoms with van der Waals surface area (Å²) in [5, 5.41) is 1.86. The molecule has 3 heterocycles. The van der Waals surface area contributed by atoms with Crippen molar-refractivity contribution in [2.45, 2.75) is 12.6 Å². The number of pyridine rings is 1. The van der Waals surface area contributed by atoms with Gasteiger partial charge in [0, 0.05) is 49.3 Å². The molecule has 2 N–H and O–H groups in total. The van der Waals surface area contributed by atoms with Crippen LogP contribution >= 0.6 is 22.9 Å². The fraction of sp³-hybridized carbons (Fsp3) is 0.261. The van der Waals surface area contributed by atoms with Gasteiger partial charge in [0.25, 0.3) is 0 Å². The summed E-state index contributed by atoms with van der Waals surface area (Å²) in [6.45, 7) is 1.46. The zero-order chi connectivity index (χ0) is 22.7. The van der Waals surface area contributed by atoms with Gasteiger partial charge >= 0.3 is 0 Å². The summed E-state index contributed by atoms with van der Waals surface area (Å²) in [6.07, 6.45) is 4.87. The first-order valence-electron chi connectivity index (χ1n) is 10.1. The molecule has 0 bridgehead atoms. The molecule has 166 valence electrons. The molecule has 7 nitrogen and oxygen atoms in total. The molecule has 4 rings (SSSR count). The average Bonchev–Trinajstić information content (AvgIpc) is 3.20. The number of hydrogen-bond donors (Lipinski definition) is 1. The minimum atomic E-state index is -0.668. The van der Waals surface area contributed by atoms with Gasteiger partial charge in [-0.15, -0.1) is 11.3 Å². The number of anilines is 1. The quantitative estimate of drug-likeness (QED) is 0.557. The number of nitrogens with two attached hydrogens (primary N) is 1. The molecule has 32 heavy (non-hydrogen) atoms. The van der Waals surface area contributed by atoms with Gasteiger partial charge in [-0.1, -0.05) is 23.7 Å². The molecule has 1 saturated heterocycles. The van der Waals surface area contributed by atoms with Crippen molar-refractivity contribution in [3.05, 3.63) is 63.4 Å². The van der Waals surface area contributed by atoms with Crippen LogP contribution in [-0.2, 0) is 20.9 Å². The highest BCUT2D eigenvalue weighted by atomic mass is 35.5. The normalized spacial score (nSPS) is 16.9. The Morgan fingerprint density at radius 2 is 2.16 bits per heavy atom. The van der Waals surface area contributed by atoms with Crippen LogP contribution in [0, 0.1) is 0 Å². The van der Waals surface area contributed by atoms with Crippen LogP contribution in [0.15, 0.2) is 48.7 Å². The number of carbonyl (C=O) groups is 2. The van der Waals surface area contributed by atoms with Crippen LogP contribution in [0.3, 0.4) is 0 Å². The monoisotopic (exact) mass is 470 g/mol. The van der Waals surface area contributed by atoms with E-state index in [0.717, 1.165) is 21.2 Å². The fourth-order valence-electron chi connectivity index (χ4n) is 3.81. The summed E-state index contributed by atoms with van der Waals surface area (Å²) in [7, 11) is 1.53. The highest BCUT2D eigenvalue weighted by molar-refractivity contribution is 7.17. The van der Waals surface area contributed by atoms with Gasteiger partial charge < -0.3 is 20.3 Å². The van der Waals surface area contributed by atoms with E-state index < -0.39 is 6.04 Å². The summed E-state index contributed by atoms with van der Waals surface area (Å²) in [6, 6.07) is 10.7. The lowest BCUT2D eigenvalue weighted by Gasteiger charge is -2.40. The number of aromatic nitrogens is 1. The Morgan fingerprint density at radius 3 is 2.91 bits per heavy atom. The van der Waals surface area contributed by atoms with Crippen LogP contribution in [0.25, 0.3) is 16.8 Å². The first kappa shape index (κ1) is 22.3. The maximum Gasteiger partial charge on any atom is 0.248 e. The van der Waals surface area contributed by atoms with E-state index in [4.69, 9.17) is 22.1 Å². The largest absolute Gasteiger partial charge is 0.383 e. The van der Waals surface area contributed by atoms with Gasteiger partial charge in [0.05, 0.1) is 10.9 Å². The van der Waals surface area contributed by atoms with Crippen LogP contribution in [0.2, 0.25) is 4.34 Å². The Morgan fingerprint density at radius 1 is 1.31 bits per heavy atom. The Balaban J connectivity index is 1.48. The zero-order valence-electron chi connectivity index (χ0n) is 17.5. The number of nitrogen functional groups attached to an aromatic ring is 1. The van der Waals surface area contributed by atoms with E-state index in [1.54, 1.807) is 28.1 Å². The van der Waals surface area contributed by atoms with E-state index in [-0.39, 0.29) is 18.4 Å². The number of fused-ring (bicyclic) bond motifs is 1. The molecule has 0 unspecified atom stereocenters. The Hall–Kier alpha value is -2.94. The number of methoxy groups -OCH3 is 1. The topological polar surface area (TPSA) is 88.8 Å². The molecule has 3 aromatic rings. The van der Waals surface area contributed by atoms with Gasteiger partial charge in [-0.3, -0.25) is 9.59 Å². The SMILES string of the molecule is COC[C@H]1C(=O)N(Cc2ccc3c(N)nccc3c2)CCN1C(=O)/C=C/c1ccc(Cl)s1. The number of halogens is 1. The van der Waals surface area contributed by atoms with Gasteiger partial charge in [0.15, 0.2) is 0 Å². The smallest absolute Gasteiger partial charge is 0.248 e. The number of benzene rings is 1. The molecule has 1 aliphatic rings. The van der Waals surface area contributed by atoms with Crippen LogP contribution in [0.5, 0.6) is 0 Å². The van der Waals surface area contributed by atoms with Gasteiger partial charge in [-0.2, -0.15) is 0 Å². The number of ether oxygens (including phenoxy) is 1. The van der Waals surface area contributed by atoms with E-state index >= 15 is 0 Å². The van der Waals surface area contributed by atoms with Crippen molar-refractivity contribution < 1.29 is 14.3 Å². The van der Waals surface area contributed by atoms with Gasteiger partial charge in [0.2, 0.25) is 11.8 Å². The molecule has 1 atom stereocenters. The maximum atomic E-state index is 13.2. The summed E-state index contributed by atoms with van der Waals surface area (Å²) >= 11 is 7.33. The van der Waals surface area contributed by atoms with Crippen molar-refractivity contribution >= 4 is 57.4 Å². The molecule has 0 spiro atoms. The van der Waals surface area contributed by atoms with Gasteiger partial charge in [-0.25, -0.2) is 4.98 Å². The fourth-order valence-corrected chi connectivity index (χ4v) is 4.78. The first-order chi connectivity index (χ1) is 15.5. The number of rotatable bonds is 6. The molecular formula is C23H23ClN4O3S. The Kier molecular flexibility index (Phi) is 6.74. The molecule has 9 heteroatoms. The number of hydrogen-bond acceptors (Lipinski definition) is 6. The van der Waals surface area contributed by atoms with Crippen LogP contribution in [-0.4, -0.2) is 59.4 Å². The second kappa shape index (κ2) is 9.68. The first-order valence-corrected chi connectivity index (χ1v) is 11.3. The third kappa shape index (κ3) is 4.77. The van der Waals surface area contributed by atoms with Crippen molar-refractivity contribution in [2.24, 2.45) is 0 Å². The van der Waals surface area contributed by atoms with E-state index in [1.165, 1.54) is 24.5 Å². The highest BCUT2D eigenvalue weighted by Crippen LogP contribution is 2.24. The average molecular weight is 471 g/mol. The number of piperazine rings is 1. The molecule has 1 aliphatic heterocycles. The molecule has 0 aliphatic carbocycles. The summed E-state index contributed by atoms with van der Waals surface area (Å²) < 4.78 is 5.92. The Labute approximate surface area is 195 Å². The zero-order valence-corrected chi connectivity index (χ0v) is 19.1. The molecule has 0 radical (unpaired) electrons. The molecular weight excluding hydrogens is 448 g/mol. The van der Waals surface area contributed by atoms with Crippen molar-refractivity contribution in [1.29, 1.82) is 0 Å². The van der Waals surface area contributed by atoms with E-state index in [0.29, 0.717) is 29.8 Å². The van der Waals surface area contributed by atoms with Crippen molar-refractivity contribution in [3.8, 4) is 0 Å². The molecule has 1 aromatic carbocycles. The lowest BCUT2D eigenvalue weighted by Crippen LogP contribution is -2.59. The summed E-state index contributed by atoms with van der Waals surface area (Å²) in [4.78, 5) is 34.4. The second-order valence-corrected chi connectivity index (χ2v) is 9.24. The molecule has 0 saturated carbocycles. The predicted molar refractivity (Wildman–Crippen MR) is 127 cm³/mol. The molecule has 2 amide bonds. The Bertz CT molecular complexity index is 1180. The molecule has 1 fully saturated rings. The minimum absolute atomic E-state index is 0.131. The number of thiophene rings is 1. The third-order valence-corrected chi connectivity index (χ3v) is 6.61. The summed E-state index contributed by atoms with van der Waals surface area (Å²) in [5.41, 5.74) is 6.92. The van der Waals surface area contributed by atoms with E-state index in [2.05, 4.69) is 4.98 Å². The van der Waals surface area contributed by atoms with Crippen molar-refractivity contribution in [3.63, 3.8) is 0 Å². The van der Waals surface area contributed by atoms with Crippen LogP contribution in [0.1, 0.15) is 10.4 Å². The highest BCUT2D eigenvalue weighted by Gasteiger charge is 2.36. The number of carbonyl (C=O) groups excluding carboxylic acids is 2. The van der Waals surface area contributed by atoms with Crippen molar-refractivity contribution in [1.82, 2.24) is 14.8 Å². The summed E-state index contributed by atoms with van der Waals surface area (Å²) in [5.74, 6) is 0.127. The lowest BCUT2D eigenvalue weighted by atomic mass is 10.1. The molecule has 2 aromatic heterocycles. The number of nitrogens with zero attached hydrogens (tertiary/aromatic N) is 3. The van der Waals surface area contributed by atoms with Crippen molar-refractivity contribution in [2.75, 3.05) is 32.5 Å². The van der Waals surface area contributed by atoms with E-state index in [9.17, 15) is 9.59 Å². The maximum absolute atomic E-state index is 13.2. The number of amides is 2. The third-order valence-electron chi connectivity index (χ3n) is 5.41. The minimum Gasteiger partial charge on any atom is -0.383 e. The lowest BCUT2D eigenvalue weighted by molar-refractivity contribution is -0.152. The standard InChI is InChI=1S/C23H23ClN4O3S/c1-31-14-19-23(30)27(13-15-2-5-18-16(12-15)8-9-26-22(18)25)10-11-28(19)21(29)7-4-17-3-6-20(24)32-17/h2-9,12,19H,10-11,13-14H2,1H3,(H2,25,26)/b7-4+/t19-/m0/s1. The van der Waals surface area contributed by atoms with Gasteiger partial charge in [-0.05, 0) is 41.3 Å². The second-order valence-electron chi connectivity index (χ2n) is 7.49. The van der Waals surface area contributed by atoms with Gasteiger partial charge in [0.1, 0.15) is 11.9 Å². The van der Waals surface area contributed by atoms with Crippen LogP contribution in [0.4, 0.5) is 5.82 Å². The predicted octanol–water partition coefficient (Wildman–Crippen LogP) is 3.43.